The Morgan fingerprint density at radius 3 is 2.71 bits per heavy atom. The first kappa shape index (κ1) is 16.7. The maximum Gasteiger partial charge on any atom is 0.124 e. The molecule has 4 nitrogen and oxygen atoms in total. The van der Waals surface area contributed by atoms with Crippen molar-refractivity contribution in [3.05, 3.63) is 53.6 Å². The van der Waals surface area contributed by atoms with Crippen molar-refractivity contribution in [1.29, 1.82) is 0 Å². The summed E-state index contributed by atoms with van der Waals surface area (Å²) >= 11 is 0. The monoisotopic (exact) mass is 327 g/mol. The molecule has 0 fully saturated rings. The molecule has 1 heterocycles. The number of hydrogen-bond donors (Lipinski definition) is 0. The Labute approximate surface area is 144 Å². The highest BCUT2D eigenvalue weighted by atomic mass is 16.5. The van der Waals surface area contributed by atoms with E-state index in [9.17, 15) is 0 Å². The zero-order chi connectivity index (χ0) is 16.9. The topological polar surface area (TPSA) is 30.9 Å². The maximum atomic E-state index is 6.20. The van der Waals surface area contributed by atoms with E-state index >= 15 is 0 Å². The molecule has 24 heavy (non-hydrogen) atoms. The van der Waals surface area contributed by atoms with Gasteiger partial charge in [-0.05, 0) is 30.7 Å². The quantitative estimate of drug-likeness (QED) is 0.834. The van der Waals surface area contributed by atoms with Gasteiger partial charge in [-0.3, -0.25) is 4.90 Å². The van der Waals surface area contributed by atoms with Crippen molar-refractivity contribution in [2.45, 2.75) is 32.5 Å². The third-order valence-electron chi connectivity index (χ3n) is 4.46. The molecule has 1 atom stereocenters. The summed E-state index contributed by atoms with van der Waals surface area (Å²) < 4.78 is 17.1. The zero-order valence-electron chi connectivity index (χ0n) is 14.6. The highest BCUT2D eigenvalue weighted by Gasteiger charge is 2.23. The second-order valence-corrected chi connectivity index (χ2v) is 6.10. The van der Waals surface area contributed by atoms with Gasteiger partial charge in [0.25, 0.3) is 0 Å². The van der Waals surface area contributed by atoms with E-state index in [1.54, 1.807) is 14.2 Å². The largest absolute Gasteiger partial charge is 0.497 e. The third-order valence-corrected chi connectivity index (χ3v) is 4.46. The summed E-state index contributed by atoms with van der Waals surface area (Å²) in [6, 6.07) is 14.2. The van der Waals surface area contributed by atoms with Crippen LogP contribution < -0.4 is 14.2 Å². The summed E-state index contributed by atoms with van der Waals surface area (Å²) in [5.41, 5.74) is 2.36. The van der Waals surface area contributed by atoms with Crippen LogP contribution in [0.25, 0.3) is 0 Å². The van der Waals surface area contributed by atoms with E-state index in [2.05, 4.69) is 30.0 Å². The van der Waals surface area contributed by atoms with Crippen LogP contribution in [0.4, 0.5) is 0 Å². The first-order chi connectivity index (χ1) is 11.7. The van der Waals surface area contributed by atoms with Crippen LogP contribution in [0.15, 0.2) is 42.5 Å². The molecule has 0 saturated carbocycles. The van der Waals surface area contributed by atoms with E-state index in [1.807, 2.05) is 24.3 Å². The van der Waals surface area contributed by atoms with Gasteiger partial charge < -0.3 is 14.2 Å². The average molecular weight is 327 g/mol. The van der Waals surface area contributed by atoms with Gasteiger partial charge in [-0.15, -0.1) is 0 Å². The fraction of sp³-hybridized carbons (Fsp3) is 0.400. The Hall–Kier alpha value is -2.20. The van der Waals surface area contributed by atoms with Gasteiger partial charge in [0.05, 0.1) is 14.2 Å². The standard InChI is InChI=1S/C20H25NO3/c1-4-17-14-21(12-15-7-5-6-8-19(15)23-3)13-16-11-18(22-2)9-10-20(16)24-17/h5-11,17H,4,12-14H2,1-3H3. The number of benzene rings is 2. The molecule has 0 saturated heterocycles. The third kappa shape index (κ3) is 3.65. The van der Waals surface area contributed by atoms with Gasteiger partial charge in [-0.1, -0.05) is 25.1 Å². The summed E-state index contributed by atoms with van der Waals surface area (Å²) in [7, 11) is 3.42. The smallest absolute Gasteiger partial charge is 0.124 e. The van der Waals surface area contributed by atoms with Crippen molar-refractivity contribution in [3.63, 3.8) is 0 Å². The van der Waals surface area contributed by atoms with E-state index in [1.165, 1.54) is 11.1 Å². The lowest BCUT2D eigenvalue weighted by atomic mass is 10.1. The summed E-state index contributed by atoms with van der Waals surface area (Å²) in [5, 5.41) is 0. The fourth-order valence-electron chi connectivity index (χ4n) is 3.14. The highest BCUT2D eigenvalue weighted by Crippen LogP contribution is 2.31. The van der Waals surface area contributed by atoms with Gasteiger partial charge >= 0.3 is 0 Å². The van der Waals surface area contributed by atoms with E-state index in [0.717, 1.165) is 43.3 Å². The second kappa shape index (κ2) is 7.58. The van der Waals surface area contributed by atoms with Gasteiger partial charge in [0.2, 0.25) is 0 Å². The molecular weight excluding hydrogens is 302 g/mol. The van der Waals surface area contributed by atoms with Gasteiger partial charge in [-0.25, -0.2) is 0 Å². The van der Waals surface area contributed by atoms with Crippen LogP contribution in [0, 0.1) is 0 Å². The Kier molecular flexibility index (Phi) is 5.26. The molecule has 0 radical (unpaired) electrons. The number of nitrogens with zero attached hydrogens (tertiary/aromatic N) is 1. The molecule has 2 aromatic rings. The molecule has 1 aliphatic heterocycles. The molecule has 0 amide bonds. The van der Waals surface area contributed by atoms with Crippen LogP contribution in [0.5, 0.6) is 17.2 Å². The van der Waals surface area contributed by atoms with Gasteiger partial charge in [0.1, 0.15) is 23.4 Å². The molecule has 0 N–H and O–H groups in total. The van der Waals surface area contributed by atoms with Crippen LogP contribution in [-0.4, -0.2) is 31.8 Å². The van der Waals surface area contributed by atoms with Crippen molar-refractivity contribution < 1.29 is 14.2 Å². The summed E-state index contributed by atoms with van der Waals surface area (Å²) in [6.07, 6.45) is 1.17. The van der Waals surface area contributed by atoms with Crippen LogP contribution >= 0.6 is 0 Å². The van der Waals surface area contributed by atoms with Crippen LogP contribution in [0.2, 0.25) is 0 Å². The molecule has 4 heteroatoms. The number of ether oxygens (including phenoxy) is 3. The fourth-order valence-corrected chi connectivity index (χ4v) is 3.14. The summed E-state index contributed by atoms with van der Waals surface area (Å²) in [5.74, 6) is 2.76. The lowest BCUT2D eigenvalue weighted by Gasteiger charge is -2.24. The lowest BCUT2D eigenvalue weighted by molar-refractivity contribution is 0.138. The van der Waals surface area contributed by atoms with E-state index < -0.39 is 0 Å². The Balaban J connectivity index is 1.87. The van der Waals surface area contributed by atoms with Crippen molar-refractivity contribution in [1.82, 2.24) is 4.90 Å². The molecule has 2 aromatic carbocycles. The maximum absolute atomic E-state index is 6.20. The van der Waals surface area contributed by atoms with Crippen molar-refractivity contribution in [2.24, 2.45) is 0 Å². The number of hydrogen-bond acceptors (Lipinski definition) is 4. The van der Waals surface area contributed by atoms with E-state index in [-0.39, 0.29) is 6.10 Å². The molecule has 1 unspecified atom stereocenters. The molecule has 0 aromatic heterocycles. The van der Waals surface area contributed by atoms with Crippen molar-refractivity contribution >= 4 is 0 Å². The predicted octanol–water partition coefficient (Wildman–Crippen LogP) is 3.88. The SMILES string of the molecule is CCC1CN(Cc2ccccc2OC)Cc2cc(OC)ccc2O1. The molecule has 1 aliphatic rings. The van der Waals surface area contributed by atoms with Crippen LogP contribution in [0.1, 0.15) is 24.5 Å². The Morgan fingerprint density at radius 2 is 1.96 bits per heavy atom. The molecular formula is C20H25NO3. The number of para-hydroxylation sites is 1. The minimum atomic E-state index is 0.189. The minimum absolute atomic E-state index is 0.189. The lowest BCUT2D eigenvalue weighted by Crippen LogP contribution is -2.32. The Morgan fingerprint density at radius 1 is 1.12 bits per heavy atom. The molecule has 128 valence electrons. The zero-order valence-corrected chi connectivity index (χ0v) is 14.6. The van der Waals surface area contributed by atoms with Crippen molar-refractivity contribution in [3.8, 4) is 17.2 Å². The number of methoxy groups -OCH3 is 2. The molecule has 3 rings (SSSR count). The molecule has 0 bridgehead atoms. The van der Waals surface area contributed by atoms with Crippen molar-refractivity contribution in [2.75, 3.05) is 20.8 Å². The molecule has 0 aliphatic carbocycles. The predicted molar refractivity (Wildman–Crippen MR) is 94.8 cm³/mol. The summed E-state index contributed by atoms with van der Waals surface area (Å²) in [4.78, 5) is 2.41. The number of rotatable bonds is 5. The summed E-state index contributed by atoms with van der Waals surface area (Å²) in [6.45, 7) is 4.73. The number of fused-ring (bicyclic) bond motifs is 1. The van der Waals surface area contributed by atoms with Gasteiger partial charge in [0.15, 0.2) is 0 Å². The molecule has 0 spiro atoms. The van der Waals surface area contributed by atoms with E-state index in [0.29, 0.717) is 0 Å². The van der Waals surface area contributed by atoms with Crippen LogP contribution in [-0.2, 0) is 13.1 Å². The Bertz CT molecular complexity index is 686. The minimum Gasteiger partial charge on any atom is -0.497 e. The second-order valence-electron chi connectivity index (χ2n) is 6.10. The first-order valence-electron chi connectivity index (χ1n) is 8.41. The highest BCUT2D eigenvalue weighted by molar-refractivity contribution is 5.41. The first-order valence-corrected chi connectivity index (χ1v) is 8.41. The van der Waals surface area contributed by atoms with Gasteiger partial charge in [0, 0.05) is 30.8 Å². The normalized spacial score (nSPS) is 17.5. The van der Waals surface area contributed by atoms with Crippen LogP contribution in [0.3, 0.4) is 0 Å². The van der Waals surface area contributed by atoms with E-state index in [4.69, 9.17) is 14.2 Å². The average Bonchev–Trinajstić information content (AvgIpc) is 2.79. The van der Waals surface area contributed by atoms with Gasteiger partial charge in [-0.2, -0.15) is 0 Å².